The molecule has 2 aliphatic rings. The molecule has 1 fully saturated rings. The second-order valence-electron chi connectivity index (χ2n) is 10.4. The van der Waals surface area contributed by atoms with Crippen molar-refractivity contribution in [3.63, 3.8) is 0 Å². The van der Waals surface area contributed by atoms with Crippen molar-refractivity contribution in [2.24, 2.45) is 22.2 Å². The summed E-state index contributed by atoms with van der Waals surface area (Å²) in [6.45, 7) is 12.8. The Morgan fingerprint density at radius 2 is 2.00 bits per heavy atom. The molecule has 0 heterocycles. The molecule has 0 saturated heterocycles. The third kappa shape index (κ3) is 6.44. The van der Waals surface area contributed by atoms with Crippen molar-refractivity contribution in [1.29, 1.82) is 0 Å². The highest BCUT2D eigenvalue weighted by Gasteiger charge is 2.45. The summed E-state index contributed by atoms with van der Waals surface area (Å²) in [6, 6.07) is 0. The lowest BCUT2D eigenvalue weighted by Crippen LogP contribution is -2.41. The molecular weight excluding hydrogens is 380 g/mol. The molecule has 170 valence electrons. The molecular formula is C25H40O5. The van der Waals surface area contributed by atoms with E-state index >= 15 is 0 Å². The van der Waals surface area contributed by atoms with Gasteiger partial charge in [0.1, 0.15) is 13.2 Å². The van der Waals surface area contributed by atoms with Gasteiger partial charge < -0.3 is 14.6 Å². The molecule has 0 amide bonds. The molecule has 0 aliphatic heterocycles. The van der Waals surface area contributed by atoms with E-state index in [2.05, 4.69) is 46.4 Å². The van der Waals surface area contributed by atoms with Crippen molar-refractivity contribution in [2.45, 2.75) is 79.1 Å². The fraction of sp³-hybridized carbons (Fsp3) is 0.760. The first-order valence-electron chi connectivity index (χ1n) is 11.3. The van der Waals surface area contributed by atoms with Gasteiger partial charge in [-0.1, -0.05) is 58.3 Å². The standard InChI is InChI=1S/C25H40O5/c1-6-9-19-14-23(3,7-2)13-10-20(19)25(5)12-8-11-24(4,17-25)18-30-22(28)16-29-15-21(26)27/h7,10,19H,2,6,8-9,11-18H2,1,3-5H3,(H,26,27)/t19?,23-,24+,25+/m0/s1. The van der Waals surface area contributed by atoms with Crippen LogP contribution in [0.2, 0.25) is 0 Å². The van der Waals surface area contributed by atoms with Crippen molar-refractivity contribution in [3.05, 3.63) is 24.3 Å². The highest BCUT2D eigenvalue weighted by molar-refractivity contribution is 5.72. The Morgan fingerprint density at radius 3 is 2.63 bits per heavy atom. The Balaban J connectivity index is 2.05. The number of rotatable bonds is 10. The van der Waals surface area contributed by atoms with Crippen LogP contribution in [0.3, 0.4) is 0 Å². The van der Waals surface area contributed by atoms with Crippen molar-refractivity contribution in [1.82, 2.24) is 0 Å². The van der Waals surface area contributed by atoms with Gasteiger partial charge in [0.15, 0.2) is 0 Å². The SMILES string of the molecule is C=C[C@@]1(C)CC=C([C@]2(C)CCC[C@@](C)(COC(=O)COCC(=O)O)C2)C(CCC)C1. The summed E-state index contributed by atoms with van der Waals surface area (Å²) in [5, 5.41) is 8.60. The molecule has 2 rings (SSSR count). The maximum absolute atomic E-state index is 12.0. The first-order chi connectivity index (χ1) is 14.0. The summed E-state index contributed by atoms with van der Waals surface area (Å²) in [5.41, 5.74) is 1.84. The number of carbonyl (C=O) groups excluding carboxylic acids is 1. The quantitative estimate of drug-likeness (QED) is 0.371. The lowest BCUT2D eigenvalue weighted by atomic mass is 9.55. The number of esters is 1. The Labute approximate surface area is 181 Å². The minimum Gasteiger partial charge on any atom is -0.480 e. The van der Waals surface area contributed by atoms with Crippen molar-refractivity contribution >= 4 is 11.9 Å². The van der Waals surface area contributed by atoms with Gasteiger partial charge in [-0.2, -0.15) is 0 Å². The summed E-state index contributed by atoms with van der Waals surface area (Å²) in [4.78, 5) is 22.5. The molecule has 0 radical (unpaired) electrons. The zero-order chi connectivity index (χ0) is 22.4. The molecule has 0 aromatic carbocycles. The molecule has 5 nitrogen and oxygen atoms in total. The van der Waals surface area contributed by atoms with Gasteiger partial charge in [-0.05, 0) is 55.3 Å². The Morgan fingerprint density at radius 1 is 1.27 bits per heavy atom. The van der Waals surface area contributed by atoms with Crippen LogP contribution < -0.4 is 0 Å². The van der Waals surface area contributed by atoms with Crippen LogP contribution in [0, 0.1) is 22.2 Å². The van der Waals surface area contributed by atoms with Crippen LogP contribution in [0.4, 0.5) is 0 Å². The number of carbonyl (C=O) groups is 2. The lowest BCUT2D eigenvalue weighted by Gasteiger charge is -2.50. The number of hydrogen-bond acceptors (Lipinski definition) is 4. The Kier molecular flexibility index (Phi) is 8.32. The van der Waals surface area contributed by atoms with E-state index in [4.69, 9.17) is 14.6 Å². The highest BCUT2D eigenvalue weighted by atomic mass is 16.6. The molecule has 2 aliphatic carbocycles. The number of aliphatic carboxylic acids is 1. The second-order valence-corrected chi connectivity index (χ2v) is 10.4. The Bertz CT molecular complexity index is 668. The molecule has 0 spiro atoms. The Hall–Kier alpha value is -1.62. The molecule has 4 atom stereocenters. The predicted molar refractivity (Wildman–Crippen MR) is 118 cm³/mol. The third-order valence-electron chi connectivity index (χ3n) is 7.12. The van der Waals surface area contributed by atoms with Crippen LogP contribution in [0.1, 0.15) is 79.1 Å². The normalized spacial score (nSPS) is 34.1. The van der Waals surface area contributed by atoms with E-state index in [1.165, 1.54) is 25.7 Å². The van der Waals surface area contributed by atoms with E-state index in [9.17, 15) is 9.59 Å². The number of carboxylic acids is 1. The molecule has 1 N–H and O–H groups in total. The van der Waals surface area contributed by atoms with Gasteiger partial charge in [0.05, 0.1) is 6.61 Å². The summed E-state index contributed by atoms with van der Waals surface area (Å²) < 4.78 is 10.3. The van der Waals surface area contributed by atoms with Gasteiger partial charge in [-0.15, -0.1) is 6.58 Å². The maximum atomic E-state index is 12.0. The van der Waals surface area contributed by atoms with Crippen molar-refractivity contribution in [2.75, 3.05) is 19.8 Å². The number of carboxylic acid groups (broad SMARTS) is 1. The van der Waals surface area contributed by atoms with Crippen LogP contribution in [-0.4, -0.2) is 36.9 Å². The van der Waals surface area contributed by atoms with Crippen LogP contribution in [0.15, 0.2) is 24.3 Å². The van der Waals surface area contributed by atoms with Crippen molar-refractivity contribution < 1.29 is 24.2 Å². The fourth-order valence-corrected chi connectivity index (χ4v) is 5.69. The summed E-state index contributed by atoms with van der Waals surface area (Å²) >= 11 is 0. The number of hydrogen-bond donors (Lipinski definition) is 1. The topological polar surface area (TPSA) is 72.8 Å². The monoisotopic (exact) mass is 420 g/mol. The van der Waals surface area contributed by atoms with Gasteiger partial charge in [0.2, 0.25) is 0 Å². The van der Waals surface area contributed by atoms with Gasteiger partial charge in [0.25, 0.3) is 0 Å². The smallest absolute Gasteiger partial charge is 0.332 e. The van der Waals surface area contributed by atoms with Crippen LogP contribution in [0.25, 0.3) is 0 Å². The van der Waals surface area contributed by atoms with Crippen LogP contribution in [-0.2, 0) is 19.1 Å². The van der Waals surface area contributed by atoms with E-state index in [0.717, 1.165) is 25.7 Å². The van der Waals surface area contributed by atoms with Crippen LogP contribution >= 0.6 is 0 Å². The van der Waals surface area contributed by atoms with Gasteiger partial charge in [0, 0.05) is 5.41 Å². The zero-order valence-electron chi connectivity index (χ0n) is 19.3. The largest absolute Gasteiger partial charge is 0.480 e. The van der Waals surface area contributed by atoms with E-state index in [1.54, 1.807) is 5.57 Å². The molecule has 30 heavy (non-hydrogen) atoms. The van der Waals surface area contributed by atoms with Gasteiger partial charge in [-0.3, -0.25) is 0 Å². The lowest BCUT2D eigenvalue weighted by molar-refractivity contribution is -0.156. The zero-order valence-corrected chi connectivity index (χ0v) is 19.3. The molecule has 0 bridgehead atoms. The second kappa shape index (κ2) is 10.1. The van der Waals surface area contributed by atoms with E-state index in [1.807, 2.05) is 0 Å². The first-order valence-corrected chi connectivity index (χ1v) is 11.3. The molecule has 1 unspecified atom stereocenters. The van der Waals surface area contributed by atoms with Crippen LogP contribution in [0.5, 0.6) is 0 Å². The van der Waals surface area contributed by atoms with Gasteiger partial charge >= 0.3 is 11.9 Å². The number of ether oxygens (including phenoxy) is 2. The summed E-state index contributed by atoms with van der Waals surface area (Å²) in [6.07, 6.45) is 13.5. The third-order valence-corrected chi connectivity index (χ3v) is 7.12. The average molecular weight is 421 g/mol. The van der Waals surface area contributed by atoms with Gasteiger partial charge in [-0.25, -0.2) is 9.59 Å². The maximum Gasteiger partial charge on any atom is 0.332 e. The predicted octanol–water partition coefficient (Wildman–Crippen LogP) is 5.55. The molecule has 0 aromatic heterocycles. The van der Waals surface area contributed by atoms with E-state index in [-0.39, 0.29) is 22.9 Å². The first kappa shape index (κ1) is 24.6. The fourth-order valence-electron chi connectivity index (χ4n) is 5.69. The average Bonchev–Trinajstić information content (AvgIpc) is 2.66. The highest BCUT2D eigenvalue weighted by Crippen LogP contribution is 2.56. The van der Waals surface area contributed by atoms with E-state index in [0.29, 0.717) is 12.5 Å². The number of allylic oxidation sites excluding steroid dienone is 3. The summed E-state index contributed by atoms with van der Waals surface area (Å²) in [7, 11) is 0. The summed E-state index contributed by atoms with van der Waals surface area (Å²) in [5.74, 6) is -0.994. The molecule has 1 saturated carbocycles. The molecule has 5 heteroatoms. The molecule has 0 aromatic rings. The van der Waals surface area contributed by atoms with E-state index < -0.39 is 18.5 Å². The minimum atomic E-state index is -1.09. The van der Waals surface area contributed by atoms with Crippen molar-refractivity contribution in [3.8, 4) is 0 Å². The minimum absolute atomic E-state index is 0.0771.